The van der Waals surface area contributed by atoms with Crippen LogP contribution in [0.15, 0.2) is 61.2 Å². The normalized spacial score (nSPS) is 10.3. The van der Waals surface area contributed by atoms with Crippen LogP contribution < -0.4 is 14.8 Å². The van der Waals surface area contributed by atoms with Crippen molar-refractivity contribution >= 4 is 11.9 Å². The molecule has 0 aliphatic heterocycles. The zero-order chi connectivity index (χ0) is 21.1. The largest absolute Gasteiger partial charge is 0.490 e. The SMILES string of the molecule is C=CCOc1ccc(C(=O)OCC(=O)NCCc2ccc(OC(F)F)cc2)cc1. The predicted molar refractivity (Wildman–Crippen MR) is 102 cm³/mol. The zero-order valence-electron chi connectivity index (χ0n) is 15.6. The van der Waals surface area contributed by atoms with Crippen LogP contribution in [0.5, 0.6) is 11.5 Å². The van der Waals surface area contributed by atoms with Crippen LogP contribution in [-0.2, 0) is 16.0 Å². The summed E-state index contributed by atoms with van der Waals surface area (Å²) in [5, 5.41) is 2.62. The molecular weight excluding hydrogens is 384 g/mol. The van der Waals surface area contributed by atoms with Gasteiger partial charge in [0.1, 0.15) is 18.1 Å². The highest BCUT2D eigenvalue weighted by Crippen LogP contribution is 2.15. The lowest BCUT2D eigenvalue weighted by atomic mass is 10.1. The second-order valence-electron chi connectivity index (χ2n) is 5.82. The minimum absolute atomic E-state index is 0.0694. The van der Waals surface area contributed by atoms with Gasteiger partial charge >= 0.3 is 12.6 Å². The third-order valence-electron chi connectivity index (χ3n) is 3.68. The molecule has 0 heterocycles. The van der Waals surface area contributed by atoms with Crippen molar-refractivity contribution in [1.29, 1.82) is 0 Å². The Kier molecular flexibility index (Phi) is 8.62. The van der Waals surface area contributed by atoms with Crippen LogP contribution in [0, 0.1) is 0 Å². The Morgan fingerprint density at radius 1 is 1.03 bits per heavy atom. The van der Waals surface area contributed by atoms with Gasteiger partial charge in [-0.25, -0.2) is 4.79 Å². The molecule has 0 spiro atoms. The van der Waals surface area contributed by atoms with E-state index in [1.54, 1.807) is 42.5 Å². The highest BCUT2D eigenvalue weighted by molar-refractivity contribution is 5.91. The standard InChI is InChI=1S/C21H21F2NO5/c1-2-13-27-17-9-5-16(6-10-17)20(26)28-14-19(25)24-12-11-15-3-7-18(8-4-15)29-21(22)23/h2-10,21H,1,11-14H2,(H,24,25). The monoisotopic (exact) mass is 405 g/mol. The lowest BCUT2D eigenvalue weighted by Crippen LogP contribution is -2.30. The first-order valence-electron chi connectivity index (χ1n) is 8.79. The smallest absolute Gasteiger partial charge is 0.387 e. The summed E-state index contributed by atoms with van der Waals surface area (Å²) in [6, 6.07) is 12.5. The maximum Gasteiger partial charge on any atom is 0.387 e. The number of halogens is 2. The second-order valence-corrected chi connectivity index (χ2v) is 5.82. The van der Waals surface area contributed by atoms with Crippen molar-refractivity contribution in [2.75, 3.05) is 19.8 Å². The first-order chi connectivity index (χ1) is 14.0. The number of carbonyl (C=O) groups is 2. The van der Waals surface area contributed by atoms with Crippen molar-refractivity contribution in [3.8, 4) is 11.5 Å². The second kappa shape index (κ2) is 11.4. The molecular formula is C21H21F2NO5. The van der Waals surface area contributed by atoms with Crippen molar-refractivity contribution in [3.63, 3.8) is 0 Å². The van der Waals surface area contributed by atoms with Crippen molar-refractivity contribution < 1.29 is 32.6 Å². The maximum absolute atomic E-state index is 12.1. The van der Waals surface area contributed by atoms with E-state index in [0.29, 0.717) is 30.9 Å². The quantitative estimate of drug-likeness (QED) is 0.458. The van der Waals surface area contributed by atoms with Gasteiger partial charge in [0.2, 0.25) is 0 Å². The molecule has 2 aromatic rings. The highest BCUT2D eigenvalue weighted by atomic mass is 19.3. The van der Waals surface area contributed by atoms with Gasteiger partial charge in [0.05, 0.1) is 5.56 Å². The van der Waals surface area contributed by atoms with E-state index < -0.39 is 25.1 Å². The Bertz CT molecular complexity index is 807. The lowest BCUT2D eigenvalue weighted by Gasteiger charge is -2.08. The van der Waals surface area contributed by atoms with E-state index in [9.17, 15) is 18.4 Å². The number of amides is 1. The molecule has 0 saturated carbocycles. The molecule has 1 N–H and O–H groups in total. The van der Waals surface area contributed by atoms with Crippen LogP contribution in [0.25, 0.3) is 0 Å². The van der Waals surface area contributed by atoms with Crippen molar-refractivity contribution in [1.82, 2.24) is 5.32 Å². The summed E-state index contributed by atoms with van der Waals surface area (Å²) in [4.78, 5) is 23.7. The molecule has 0 radical (unpaired) electrons. The highest BCUT2D eigenvalue weighted by Gasteiger charge is 2.10. The zero-order valence-corrected chi connectivity index (χ0v) is 15.6. The minimum Gasteiger partial charge on any atom is -0.490 e. The molecule has 1 amide bonds. The number of hydrogen-bond donors (Lipinski definition) is 1. The van der Waals surface area contributed by atoms with Crippen molar-refractivity contribution in [3.05, 3.63) is 72.3 Å². The first kappa shape index (κ1) is 21.9. The van der Waals surface area contributed by atoms with E-state index in [0.717, 1.165) is 5.56 Å². The number of benzene rings is 2. The first-order valence-corrected chi connectivity index (χ1v) is 8.79. The summed E-state index contributed by atoms with van der Waals surface area (Å²) >= 11 is 0. The van der Waals surface area contributed by atoms with E-state index in [4.69, 9.17) is 9.47 Å². The van der Waals surface area contributed by atoms with Gasteiger partial charge in [-0.2, -0.15) is 8.78 Å². The number of ether oxygens (including phenoxy) is 3. The number of alkyl halides is 2. The van der Waals surface area contributed by atoms with Gasteiger partial charge in [-0.3, -0.25) is 4.79 Å². The molecule has 0 unspecified atom stereocenters. The maximum atomic E-state index is 12.1. The number of rotatable bonds is 11. The fraction of sp³-hybridized carbons (Fsp3) is 0.238. The molecule has 0 atom stereocenters. The molecule has 0 aliphatic rings. The fourth-order valence-corrected chi connectivity index (χ4v) is 2.29. The summed E-state index contributed by atoms with van der Waals surface area (Å²) in [5.74, 6) is -0.403. The van der Waals surface area contributed by atoms with Gasteiger partial charge in [0.15, 0.2) is 6.61 Å². The van der Waals surface area contributed by atoms with Gasteiger partial charge in [-0.15, -0.1) is 0 Å². The fourth-order valence-electron chi connectivity index (χ4n) is 2.29. The summed E-state index contributed by atoms with van der Waals surface area (Å²) in [5.41, 5.74) is 1.14. The van der Waals surface area contributed by atoms with E-state index in [-0.39, 0.29) is 5.75 Å². The van der Waals surface area contributed by atoms with Gasteiger partial charge < -0.3 is 19.5 Å². The van der Waals surface area contributed by atoms with Gasteiger partial charge in [-0.05, 0) is 48.4 Å². The lowest BCUT2D eigenvalue weighted by molar-refractivity contribution is -0.124. The molecule has 154 valence electrons. The summed E-state index contributed by atoms with van der Waals surface area (Å²) in [6.45, 7) is 0.934. The van der Waals surface area contributed by atoms with E-state index >= 15 is 0 Å². The van der Waals surface area contributed by atoms with E-state index in [2.05, 4.69) is 16.6 Å². The Hall–Kier alpha value is -3.42. The molecule has 0 bridgehead atoms. The third kappa shape index (κ3) is 8.00. The van der Waals surface area contributed by atoms with Crippen molar-refractivity contribution in [2.24, 2.45) is 0 Å². The number of nitrogens with one attached hydrogen (secondary N) is 1. The van der Waals surface area contributed by atoms with Crippen LogP contribution in [0.1, 0.15) is 15.9 Å². The number of carbonyl (C=O) groups excluding carboxylic acids is 2. The summed E-state index contributed by atoms with van der Waals surface area (Å²) in [7, 11) is 0. The molecule has 0 aromatic heterocycles. The minimum atomic E-state index is -2.87. The average Bonchev–Trinajstić information content (AvgIpc) is 2.71. The molecule has 8 heteroatoms. The molecule has 0 fully saturated rings. The molecule has 6 nitrogen and oxygen atoms in total. The van der Waals surface area contributed by atoms with Gasteiger partial charge in [0.25, 0.3) is 5.91 Å². The van der Waals surface area contributed by atoms with Crippen LogP contribution in [-0.4, -0.2) is 38.2 Å². The molecule has 0 aliphatic carbocycles. The Morgan fingerprint density at radius 2 is 1.69 bits per heavy atom. The molecule has 0 saturated heterocycles. The third-order valence-corrected chi connectivity index (χ3v) is 3.68. The molecule has 29 heavy (non-hydrogen) atoms. The van der Waals surface area contributed by atoms with E-state index in [1.165, 1.54) is 12.1 Å². The average molecular weight is 405 g/mol. The Balaban J connectivity index is 1.68. The topological polar surface area (TPSA) is 73.9 Å². The van der Waals surface area contributed by atoms with E-state index in [1.807, 2.05) is 0 Å². The van der Waals surface area contributed by atoms with Crippen LogP contribution in [0.3, 0.4) is 0 Å². The molecule has 2 aromatic carbocycles. The van der Waals surface area contributed by atoms with Gasteiger partial charge in [0, 0.05) is 6.54 Å². The predicted octanol–water partition coefficient (Wildman–Crippen LogP) is 3.37. The Labute approximate surface area is 167 Å². The summed E-state index contributed by atoms with van der Waals surface area (Å²) in [6.07, 6.45) is 2.10. The summed E-state index contributed by atoms with van der Waals surface area (Å²) < 4.78 is 38.7. The number of hydrogen-bond acceptors (Lipinski definition) is 5. The van der Waals surface area contributed by atoms with Crippen LogP contribution in [0.2, 0.25) is 0 Å². The van der Waals surface area contributed by atoms with Gasteiger partial charge in [-0.1, -0.05) is 24.8 Å². The molecule has 2 rings (SSSR count). The van der Waals surface area contributed by atoms with Crippen LogP contribution >= 0.6 is 0 Å². The Morgan fingerprint density at radius 3 is 2.31 bits per heavy atom. The van der Waals surface area contributed by atoms with Crippen LogP contribution in [0.4, 0.5) is 8.78 Å². The van der Waals surface area contributed by atoms with Crippen molar-refractivity contribution in [2.45, 2.75) is 13.0 Å². The number of esters is 1.